The van der Waals surface area contributed by atoms with Crippen LogP contribution in [0, 0.1) is 0 Å². The number of imidazole rings is 1. The molecule has 0 aliphatic carbocycles. The van der Waals surface area contributed by atoms with Crippen LogP contribution in [0.5, 0.6) is 5.75 Å². The summed E-state index contributed by atoms with van der Waals surface area (Å²) in [6.07, 6.45) is 2.16. The lowest BCUT2D eigenvalue weighted by atomic mass is 10.1. The summed E-state index contributed by atoms with van der Waals surface area (Å²) in [6, 6.07) is 20.1. The topological polar surface area (TPSA) is 98.3 Å². The molecule has 1 aromatic heterocycles. The Morgan fingerprint density at radius 3 is 2.52 bits per heavy atom. The lowest BCUT2D eigenvalue weighted by Crippen LogP contribution is -2.02. The summed E-state index contributed by atoms with van der Waals surface area (Å²) in [5.41, 5.74) is 4.04. The van der Waals surface area contributed by atoms with Crippen LogP contribution in [0.2, 0.25) is 0 Å². The number of ether oxygens (including phenoxy) is 2. The monoisotopic (exact) mass is 464 g/mol. The molecule has 0 fully saturated rings. The molecule has 0 spiro atoms. The van der Waals surface area contributed by atoms with Crippen LogP contribution in [0.4, 0.5) is 0 Å². The number of carbonyl (C=O) groups excluding carboxylic acids is 1. The molecule has 0 aliphatic heterocycles. The number of aromatic nitrogens is 2. The summed E-state index contributed by atoms with van der Waals surface area (Å²) >= 11 is 0. The van der Waals surface area contributed by atoms with E-state index in [1.54, 1.807) is 18.2 Å². The van der Waals surface area contributed by atoms with Gasteiger partial charge >= 0.3 is 5.97 Å². The molecule has 0 amide bonds. The van der Waals surface area contributed by atoms with Crippen molar-refractivity contribution in [1.29, 1.82) is 0 Å². The molecule has 0 saturated carbocycles. The number of sulfone groups is 1. The largest absolute Gasteiger partial charge is 0.486 e. The highest BCUT2D eigenvalue weighted by Gasteiger charge is 2.15. The third kappa shape index (κ3) is 5.40. The van der Waals surface area contributed by atoms with Crippen LogP contribution in [0.25, 0.3) is 22.2 Å². The van der Waals surface area contributed by atoms with Gasteiger partial charge in [-0.2, -0.15) is 0 Å². The zero-order chi connectivity index (χ0) is 23.4. The number of aromatic amines is 1. The van der Waals surface area contributed by atoms with Crippen LogP contribution in [-0.2, 0) is 32.4 Å². The van der Waals surface area contributed by atoms with E-state index in [2.05, 4.69) is 14.7 Å². The standard InChI is InChI=1S/C25H24N2O5S/c1-31-25(28)14-9-17-7-11-19(12-8-17)32-16-24-26-21-13-10-18(15-22(21)27-24)20-5-3-4-6-23(20)33(2,29)30/h3-8,10-13,15H,9,14,16H2,1-2H3,(H,26,27). The van der Waals surface area contributed by atoms with Crippen molar-refractivity contribution in [1.82, 2.24) is 9.97 Å². The zero-order valence-electron chi connectivity index (χ0n) is 18.4. The maximum Gasteiger partial charge on any atom is 0.305 e. The number of methoxy groups -OCH3 is 1. The Labute approximate surface area is 192 Å². The number of esters is 1. The molecule has 33 heavy (non-hydrogen) atoms. The quantitative estimate of drug-likeness (QED) is 0.390. The predicted molar refractivity (Wildman–Crippen MR) is 126 cm³/mol. The van der Waals surface area contributed by atoms with Crippen molar-refractivity contribution in [2.24, 2.45) is 0 Å². The first-order valence-corrected chi connectivity index (χ1v) is 12.3. The number of carbonyl (C=O) groups is 1. The van der Waals surface area contributed by atoms with Gasteiger partial charge in [0.2, 0.25) is 0 Å². The van der Waals surface area contributed by atoms with Crippen LogP contribution >= 0.6 is 0 Å². The van der Waals surface area contributed by atoms with Gasteiger partial charge in [0.15, 0.2) is 9.84 Å². The van der Waals surface area contributed by atoms with E-state index in [1.807, 2.05) is 48.5 Å². The summed E-state index contributed by atoms with van der Waals surface area (Å²) in [5.74, 6) is 1.12. The van der Waals surface area contributed by atoms with Crippen LogP contribution < -0.4 is 4.74 Å². The first-order valence-electron chi connectivity index (χ1n) is 10.4. The van der Waals surface area contributed by atoms with Crippen molar-refractivity contribution in [2.45, 2.75) is 24.3 Å². The van der Waals surface area contributed by atoms with Gasteiger partial charge < -0.3 is 14.5 Å². The Kier molecular flexibility index (Phi) is 6.46. The molecule has 8 heteroatoms. The number of rotatable bonds is 8. The summed E-state index contributed by atoms with van der Waals surface area (Å²) in [7, 11) is -1.97. The molecule has 7 nitrogen and oxygen atoms in total. The summed E-state index contributed by atoms with van der Waals surface area (Å²) in [5, 5.41) is 0. The number of nitrogens with zero attached hydrogens (tertiary/aromatic N) is 1. The first kappa shape index (κ1) is 22.5. The van der Waals surface area contributed by atoms with Crippen molar-refractivity contribution >= 4 is 26.8 Å². The maximum atomic E-state index is 12.2. The van der Waals surface area contributed by atoms with Crippen LogP contribution in [0.1, 0.15) is 17.8 Å². The molecule has 3 aromatic carbocycles. The fourth-order valence-electron chi connectivity index (χ4n) is 3.58. The average molecular weight is 465 g/mol. The summed E-state index contributed by atoms with van der Waals surface area (Å²) in [6.45, 7) is 0.255. The van der Waals surface area contributed by atoms with Crippen molar-refractivity contribution in [2.75, 3.05) is 13.4 Å². The van der Waals surface area contributed by atoms with Gasteiger partial charge in [0.1, 0.15) is 18.2 Å². The van der Waals surface area contributed by atoms with Crippen LogP contribution in [0.15, 0.2) is 71.6 Å². The van der Waals surface area contributed by atoms with Gasteiger partial charge in [-0.25, -0.2) is 13.4 Å². The molecule has 1 N–H and O–H groups in total. The second kappa shape index (κ2) is 9.46. The molecular weight excluding hydrogens is 440 g/mol. The number of hydrogen-bond acceptors (Lipinski definition) is 6. The summed E-state index contributed by atoms with van der Waals surface area (Å²) < 4.78 is 34.8. The van der Waals surface area contributed by atoms with Crippen LogP contribution in [0.3, 0.4) is 0 Å². The highest BCUT2D eigenvalue weighted by atomic mass is 32.2. The second-order valence-corrected chi connectivity index (χ2v) is 9.68. The van der Waals surface area contributed by atoms with E-state index < -0.39 is 9.84 Å². The Hall–Kier alpha value is -3.65. The Balaban J connectivity index is 1.47. The molecule has 0 radical (unpaired) electrons. The SMILES string of the molecule is COC(=O)CCc1ccc(OCc2nc3ccc(-c4ccccc4S(C)(=O)=O)cc3[nH]2)cc1. The van der Waals surface area contributed by atoms with Crippen LogP contribution in [-0.4, -0.2) is 37.7 Å². The van der Waals surface area contributed by atoms with Crippen molar-refractivity contribution in [3.63, 3.8) is 0 Å². The van der Waals surface area contributed by atoms with E-state index in [9.17, 15) is 13.2 Å². The van der Waals surface area contributed by atoms with Gasteiger partial charge in [-0.05, 0) is 47.9 Å². The van der Waals surface area contributed by atoms with Gasteiger partial charge in [0, 0.05) is 18.2 Å². The zero-order valence-corrected chi connectivity index (χ0v) is 19.2. The average Bonchev–Trinajstić information content (AvgIpc) is 3.23. The maximum absolute atomic E-state index is 12.2. The second-order valence-electron chi connectivity index (χ2n) is 7.69. The number of hydrogen-bond donors (Lipinski definition) is 1. The number of nitrogens with one attached hydrogen (secondary N) is 1. The molecular formula is C25H24N2O5S. The normalized spacial score (nSPS) is 11.5. The number of benzene rings is 3. The van der Waals surface area contributed by atoms with Crippen molar-refractivity contribution in [3.8, 4) is 16.9 Å². The fraction of sp³-hybridized carbons (Fsp3) is 0.200. The van der Waals surface area contributed by atoms with Gasteiger partial charge in [-0.15, -0.1) is 0 Å². The smallest absolute Gasteiger partial charge is 0.305 e. The fourth-order valence-corrected chi connectivity index (χ4v) is 4.49. The molecule has 0 atom stereocenters. The number of aryl methyl sites for hydroxylation is 1. The lowest BCUT2D eigenvalue weighted by Gasteiger charge is -2.07. The highest BCUT2D eigenvalue weighted by molar-refractivity contribution is 7.90. The minimum absolute atomic E-state index is 0.233. The summed E-state index contributed by atoms with van der Waals surface area (Å²) in [4.78, 5) is 19.4. The molecule has 0 aliphatic rings. The van der Waals surface area contributed by atoms with E-state index in [1.165, 1.54) is 13.4 Å². The van der Waals surface area contributed by atoms with Gasteiger partial charge in [0.05, 0.1) is 23.0 Å². The third-order valence-electron chi connectivity index (χ3n) is 5.27. The molecule has 0 bridgehead atoms. The van der Waals surface area contributed by atoms with E-state index in [-0.39, 0.29) is 12.6 Å². The predicted octanol–water partition coefficient (Wildman–Crippen LogP) is 4.32. The van der Waals surface area contributed by atoms with E-state index >= 15 is 0 Å². The minimum Gasteiger partial charge on any atom is -0.486 e. The Bertz CT molecular complexity index is 1390. The third-order valence-corrected chi connectivity index (χ3v) is 6.43. The Morgan fingerprint density at radius 1 is 1.03 bits per heavy atom. The highest BCUT2D eigenvalue weighted by Crippen LogP contribution is 2.29. The Morgan fingerprint density at radius 2 is 1.79 bits per heavy atom. The van der Waals surface area contributed by atoms with E-state index in [0.717, 1.165) is 22.2 Å². The van der Waals surface area contributed by atoms with Gasteiger partial charge in [-0.3, -0.25) is 4.79 Å². The molecule has 0 unspecified atom stereocenters. The molecule has 4 rings (SSSR count). The van der Waals surface area contributed by atoms with Gasteiger partial charge in [0.25, 0.3) is 0 Å². The lowest BCUT2D eigenvalue weighted by molar-refractivity contribution is -0.140. The molecule has 170 valence electrons. The van der Waals surface area contributed by atoms with Gasteiger partial charge in [-0.1, -0.05) is 36.4 Å². The van der Waals surface area contributed by atoms with E-state index in [4.69, 9.17) is 4.74 Å². The molecule has 4 aromatic rings. The molecule has 1 heterocycles. The van der Waals surface area contributed by atoms with Crippen molar-refractivity contribution in [3.05, 3.63) is 78.1 Å². The minimum atomic E-state index is -3.35. The van der Waals surface area contributed by atoms with E-state index in [0.29, 0.717) is 34.9 Å². The molecule has 0 saturated heterocycles. The van der Waals surface area contributed by atoms with Crippen molar-refractivity contribution < 1.29 is 22.7 Å². The number of H-pyrrole nitrogens is 1. The number of fused-ring (bicyclic) bond motifs is 1. The first-order chi connectivity index (χ1) is 15.8.